The molecule has 1 saturated heterocycles. The van der Waals surface area contributed by atoms with Gasteiger partial charge in [0.1, 0.15) is 0 Å². The number of para-hydroxylation sites is 1. The number of hydrogen-bond donors (Lipinski definition) is 1. The number of benzene rings is 1. The van der Waals surface area contributed by atoms with E-state index in [9.17, 15) is 0 Å². The van der Waals surface area contributed by atoms with Gasteiger partial charge >= 0.3 is 0 Å². The molecule has 1 heterocycles. The quantitative estimate of drug-likeness (QED) is 0.854. The average molecular weight is 233 g/mol. The minimum absolute atomic E-state index is 0.607. The highest BCUT2D eigenvalue weighted by Gasteiger charge is 2.16. The summed E-state index contributed by atoms with van der Waals surface area (Å²) >= 11 is 0. The lowest BCUT2D eigenvalue weighted by molar-refractivity contribution is 0.200. The summed E-state index contributed by atoms with van der Waals surface area (Å²) in [6.45, 7) is 6.70. The summed E-state index contributed by atoms with van der Waals surface area (Å²) < 4.78 is 0. The van der Waals surface area contributed by atoms with Gasteiger partial charge in [0, 0.05) is 52.0 Å². The van der Waals surface area contributed by atoms with Crippen molar-refractivity contribution in [2.45, 2.75) is 19.5 Å². The van der Waals surface area contributed by atoms with Crippen molar-refractivity contribution >= 4 is 5.69 Å². The van der Waals surface area contributed by atoms with Crippen LogP contribution >= 0.6 is 0 Å². The van der Waals surface area contributed by atoms with Gasteiger partial charge in [-0.25, -0.2) is 0 Å². The fourth-order valence-electron chi connectivity index (χ4n) is 2.48. The van der Waals surface area contributed by atoms with Gasteiger partial charge in [-0.3, -0.25) is 4.90 Å². The van der Waals surface area contributed by atoms with Crippen molar-refractivity contribution in [3.63, 3.8) is 0 Å². The van der Waals surface area contributed by atoms with Gasteiger partial charge < -0.3 is 10.2 Å². The SMILES string of the molecule is C[C@@H]1CN(Cc2ccccc2N(C)C)CCN1. The highest BCUT2D eigenvalue weighted by molar-refractivity contribution is 5.52. The maximum atomic E-state index is 3.48. The highest BCUT2D eigenvalue weighted by atomic mass is 15.2. The molecule has 1 N–H and O–H groups in total. The van der Waals surface area contributed by atoms with Gasteiger partial charge in [-0.2, -0.15) is 0 Å². The third-order valence-electron chi connectivity index (χ3n) is 3.32. The first-order valence-corrected chi connectivity index (χ1v) is 6.38. The summed E-state index contributed by atoms with van der Waals surface area (Å²) in [4.78, 5) is 4.73. The van der Waals surface area contributed by atoms with Gasteiger partial charge in [0.2, 0.25) is 0 Å². The molecule has 0 bridgehead atoms. The lowest BCUT2D eigenvalue weighted by Crippen LogP contribution is -2.48. The highest BCUT2D eigenvalue weighted by Crippen LogP contribution is 2.20. The third-order valence-corrected chi connectivity index (χ3v) is 3.32. The molecule has 1 fully saturated rings. The minimum Gasteiger partial charge on any atom is -0.377 e. The van der Waals surface area contributed by atoms with E-state index in [-0.39, 0.29) is 0 Å². The molecular formula is C14H23N3. The van der Waals surface area contributed by atoms with Crippen molar-refractivity contribution in [3.05, 3.63) is 29.8 Å². The molecule has 3 nitrogen and oxygen atoms in total. The van der Waals surface area contributed by atoms with Crippen LogP contribution in [0.2, 0.25) is 0 Å². The predicted octanol–water partition coefficient (Wildman–Crippen LogP) is 1.55. The van der Waals surface area contributed by atoms with Gasteiger partial charge in [0.25, 0.3) is 0 Å². The Morgan fingerprint density at radius 2 is 2.12 bits per heavy atom. The van der Waals surface area contributed by atoms with E-state index in [1.165, 1.54) is 11.3 Å². The van der Waals surface area contributed by atoms with Crippen LogP contribution in [-0.4, -0.2) is 44.7 Å². The summed E-state index contributed by atoms with van der Waals surface area (Å²) in [5.41, 5.74) is 2.75. The molecule has 0 spiro atoms. The molecular weight excluding hydrogens is 210 g/mol. The van der Waals surface area contributed by atoms with E-state index in [2.05, 4.69) is 60.4 Å². The van der Waals surface area contributed by atoms with Crippen LogP contribution in [0.3, 0.4) is 0 Å². The third kappa shape index (κ3) is 3.20. The summed E-state index contributed by atoms with van der Waals surface area (Å²) in [6.07, 6.45) is 0. The second kappa shape index (κ2) is 5.52. The molecule has 94 valence electrons. The maximum Gasteiger partial charge on any atom is 0.0406 e. The predicted molar refractivity (Wildman–Crippen MR) is 73.5 cm³/mol. The van der Waals surface area contributed by atoms with E-state index in [0.29, 0.717) is 6.04 Å². The topological polar surface area (TPSA) is 18.5 Å². The van der Waals surface area contributed by atoms with E-state index in [1.54, 1.807) is 0 Å². The first kappa shape index (κ1) is 12.4. The van der Waals surface area contributed by atoms with Crippen LogP contribution < -0.4 is 10.2 Å². The fourth-order valence-corrected chi connectivity index (χ4v) is 2.48. The van der Waals surface area contributed by atoms with Crippen molar-refractivity contribution in [2.75, 3.05) is 38.6 Å². The van der Waals surface area contributed by atoms with Crippen LogP contribution in [0.25, 0.3) is 0 Å². The van der Waals surface area contributed by atoms with E-state index < -0.39 is 0 Å². The fraction of sp³-hybridized carbons (Fsp3) is 0.571. The molecule has 0 unspecified atom stereocenters. The molecule has 1 aliphatic rings. The van der Waals surface area contributed by atoms with Crippen LogP contribution in [0.1, 0.15) is 12.5 Å². The Hall–Kier alpha value is -1.06. The molecule has 1 aromatic carbocycles. The standard InChI is InChI=1S/C14H23N3/c1-12-10-17(9-8-15-12)11-13-6-4-5-7-14(13)16(2)3/h4-7,12,15H,8-11H2,1-3H3/t12-/m1/s1. The van der Waals surface area contributed by atoms with E-state index in [0.717, 1.165) is 26.2 Å². The van der Waals surface area contributed by atoms with Gasteiger partial charge in [-0.05, 0) is 18.6 Å². The molecule has 0 amide bonds. The van der Waals surface area contributed by atoms with Gasteiger partial charge in [-0.1, -0.05) is 18.2 Å². The van der Waals surface area contributed by atoms with Crippen LogP contribution in [0.4, 0.5) is 5.69 Å². The summed E-state index contributed by atoms with van der Waals surface area (Å²) in [5.74, 6) is 0. The monoisotopic (exact) mass is 233 g/mol. The van der Waals surface area contributed by atoms with Crippen molar-refractivity contribution in [1.82, 2.24) is 10.2 Å². The largest absolute Gasteiger partial charge is 0.377 e. The Kier molecular flexibility index (Phi) is 4.02. The minimum atomic E-state index is 0.607. The number of hydrogen-bond acceptors (Lipinski definition) is 3. The Bertz CT molecular complexity index is 362. The van der Waals surface area contributed by atoms with Gasteiger partial charge in [0.05, 0.1) is 0 Å². The molecule has 2 rings (SSSR count). The molecule has 0 aliphatic carbocycles. The molecule has 1 atom stereocenters. The number of nitrogens with one attached hydrogen (secondary N) is 1. The van der Waals surface area contributed by atoms with Gasteiger partial charge in [0.15, 0.2) is 0 Å². The Morgan fingerprint density at radius 3 is 2.82 bits per heavy atom. The number of rotatable bonds is 3. The Labute approximate surface area is 104 Å². The number of piperazine rings is 1. The van der Waals surface area contributed by atoms with Crippen molar-refractivity contribution in [1.29, 1.82) is 0 Å². The number of nitrogens with zero attached hydrogens (tertiary/aromatic N) is 2. The molecule has 3 heteroatoms. The van der Waals surface area contributed by atoms with Crippen molar-refractivity contribution < 1.29 is 0 Å². The molecule has 17 heavy (non-hydrogen) atoms. The van der Waals surface area contributed by atoms with Crippen molar-refractivity contribution in [2.24, 2.45) is 0 Å². The Morgan fingerprint density at radius 1 is 1.35 bits per heavy atom. The van der Waals surface area contributed by atoms with Crippen LogP contribution in [0.5, 0.6) is 0 Å². The molecule has 1 aromatic rings. The second-order valence-electron chi connectivity index (χ2n) is 5.11. The maximum absolute atomic E-state index is 3.48. The zero-order valence-corrected chi connectivity index (χ0v) is 11.1. The molecule has 1 aliphatic heterocycles. The lowest BCUT2D eigenvalue weighted by atomic mass is 10.1. The second-order valence-corrected chi connectivity index (χ2v) is 5.11. The first-order valence-electron chi connectivity index (χ1n) is 6.38. The zero-order valence-electron chi connectivity index (χ0n) is 11.1. The molecule has 0 saturated carbocycles. The first-order chi connectivity index (χ1) is 8.16. The van der Waals surface area contributed by atoms with E-state index >= 15 is 0 Å². The van der Waals surface area contributed by atoms with Crippen LogP contribution in [0.15, 0.2) is 24.3 Å². The molecule has 0 aromatic heterocycles. The summed E-state index contributed by atoms with van der Waals surface area (Å²) in [5, 5.41) is 3.48. The van der Waals surface area contributed by atoms with E-state index in [4.69, 9.17) is 0 Å². The van der Waals surface area contributed by atoms with Crippen molar-refractivity contribution in [3.8, 4) is 0 Å². The number of anilines is 1. The smallest absolute Gasteiger partial charge is 0.0406 e. The zero-order chi connectivity index (χ0) is 12.3. The molecule has 0 radical (unpaired) electrons. The van der Waals surface area contributed by atoms with Gasteiger partial charge in [-0.15, -0.1) is 0 Å². The summed E-state index contributed by atoms with van der Waals surface area (Å²) in [6, 6.07) is 9.28. The lowest BCUT2D eigenvalue weighted by Gasteiger charge is -2.32. The average Bonchev–Trinajstić information content (AvgIpc) is 2.29. The normalized spacial score (nSPS) is 21.5. The van der Waals surface area contributed by atoms with Crippen LogP contribution in [-0.2, 0) is 6.54 Å². The Balaban J connectivity index is 2.07. The van der Waals surface area contributed by atoms with Crippen LogP contribution in [0, 0.1) is 0 Å². The summed E-state index contributed by atoms with van der Waals surface area (Å²) in [7, 11) is 4.22. The van der Waals surface area contributed by atoms with E-state index in [1.807, 2.05) is 0 Å².